The lowest BCUT2D eigenvalue weighted by Crippen LogP contribution is -2.42. The van der Waals surface area contributed by atoms with Gasteiger partial charge in [-0.1, -0.05) is 46.1 Å². The summed E-state index contributed by atoms with van der Waals surface area (Å²) in [6.07, 6.45) is 5.81. The first-order chi connectivity index (χ1) is 13.8. The first-order valence-corrected chi connectivity index (χ1v) is 10.8. The molecule has 29 heavy (non-hydrogen) atoms. The van der Waals surface area contributed by atoms with Gasteiger partial charge in [0.2, 0.25) is 11.7 Å². The molecule has 0 bridgehead atoms. The smallest absolute Gasteiger partial charge is 0.227 e. The molecule has 5 nitrogen and oxygen atoms in total. The number of ketones is 1. The minimum atomic E-state index is -0.612. The molecule has 1 aliphatic rings. The fourth-order valence-electron chi connectivity index (χ4n) is 4.28. The van der Waals surface area contributed by atoms with Crippen molar-refractivity contribution in [2.24, 2.45) is 5.41 Å². The number of benzene rings is 1. The van der Waals surface area contributed by atoms with E-state index in [1.807, 2.05) is 38.7 Å². The third-order valence-corrected chi connectivity index (χ3v) is 5.93. The van der Waals surface area contributed by atoms with Crippen molar-refractivity contribution < 1.29 is 19.1 Å². The van der Waals surface area contributed by atoms with Crippen LogP contribution in [0.3, 0.4) is 0 Å². The molecule has 0 aliphatic heterocycles. The van der Waals surface area contributed by atoms with E-state index in [4.69, 9.17) is 4.42 Å². The van der Waals surface area contributed by atoms with Gasteiger partial charge in [0.25, 0.3) is 0 Å². The summed E-state index contributed by atoms with van der Waals surface area (Å²) >= 11 is 0. The van der Waals surface area contributed by atoms with Crippen molar-refractivity contribution in [2.45, 2.75) is 78.9 Å². The highest BCUT2D eigenvalue weighted by Crippen LogP contribution is 2.33. The SMILES string of the molecule is CCN(C(=O)Cc1c(C(=O)C(C)(C)C)oc2ccc(CO)cc12)C1CCCCC1. The lowest BCUT2D eigenvalue weighted by molar-refractivity contribution is -0.133. The number of furan rings is 1. The second-order valence-corrected chi connectivity index (χ2v) is 9.13. The topological polar surface area (TPSA) is 70.8 Å². The molecule has 1 heterocycles. The van der Waals surface area contributed by atoms with Crippen molar-refractivity contribution >= 4 is 22.7 Å². The summed E-state index contributed by atoms with van der Waals surface area (Å²) in [6.45, 7) is 8.16. The highest BCUT2D eigenvalue weighted by Gasteiger charge is 2.32. The average Bonchev–Trinajstić information content (AvgIpc) is 3.05. The minimum absolute atomic E-state index is 0.0412. The van der Waals surface area contributed by atoms with E-state index in [1.165, 1.54) is 6.42 Å². The maximum Gasteiger partial charge on any atom is 0.227 e. The number of carbonyl (C=O) groups excluding carboxylic acids is 2. The maximum atomic E-state index is 13.3. The van der Waals surface area contributed by atoms with Crippen LogP contribution >= 0.6 is 0 Å². The summed E-state index contributed by atoms with van der Waals surface area (Å²) in [5.41, 5.74) is 1.36. The number of aliphatic hydroxyl groups is 1. The van der Waals surface area contributed by atoms with Gasteiger partial charge in [-0.05, 0) is 37.5 Å². The molecule has 1 fully saturated rings. The standard InChI is InChI=1S/C24H33NO4/c1-5-25(17-9-7-6-8-10-17)21(27)14-19-18-13-16(15-26)11-12-20(18)29-22(19)23(28)24(2,3)4/h11-13,17,26H,5-10,14-15H2,1-4H3. The zero-order valence-corrected chi connectivity index (χ0v) is 18.1. The number of nitrogens with zero attached hydrogens (tertiary/aromatic N) is 1. The summed E-state index contributed by atoms with van der Waals surface area (Å²) in [5.74, 6) is 0.206. The zero-order valence-electron chi connectivity index (χ0n) is 18.1. The molecule has 0 saturated heterocycles. The van der Waals surface area contributed by atoms with Crippen LogP contribution in [0.25, 0.3) is 11.0 Å². The van der Waals surface area contributed by atoms with E-state index in [-0.39, 0.29) is 36.5 Å². The fourth-order valence-corrected chi connectivity index (χ4v) is 4.28. The average molecular weight is 400 g/mol. The van der Waals surface area contributed by atoms with Crippen LogP contribution in [0.4, 0.5) is 0 Å². The summed E-state index contributed by atoms with van der Waals surface area (Å²) in [4.78, 5) is 28.3. The van der Waals surface area contributed by atoms with Gasteiger partial charge >= 0.3 is 0 Å². The Hall–Kier alpha value is -2.14. The van der Waals surface area contributed by atoms with Crippen molar-refractivity contribution in [1.82, 2.24) is 4.90 Å². The molecule has 158 valence electrons. The van der Waals surface area contributed by atoms with E-state index in [2.05, 4.69) is 0 Å². The Labute approximate surface area is 173 Å². The van der Waals surface area contributed by atoms with Crippen LogP contribution < -0.4 is 0 Å². The molecule has 3 rings (SSSR count). The lowest BCUT2D eigenvalue weighted by atomic mass is 9.87. The first-order valence-electron chi connectivity index (χ1n) is 10.8. The zero-order chi connectivity index (χ0) is 21.2. The second-order valence-electron chi connectivity index (χ2n) is 9.13. The summed E-state index contributed by atoms with van der Waals surface area (Å²) in [5, 5.41) is 10.3. The molecule has 5 heteroatoms. The fraction of sp³-hybridized carbons (Fsp3) is 0.583. The number of hydrogen-bond donors (Lipinski definition) is 1. The maximum absolute atomic E-state index is 13.3. The van der Waals surface area contributed by atoms with E-state index in [0.717, 1.165) is 36.6 Å². The van der Waals surface area contributed by atoms with Gasteiger partial charge < -0.3 is 14.4 Å². The van der Waals surface area contributed by atoms with Gasteiger partial charge in [-0.25, -0.2) is 0 Å². The number of aliphatic hydroxyl groups excluding tert-OH is 1. The molecule has 1 saturated carbocycles. The number of carbonyl (C=O) groups is 2. The van der Waals surface area contributed by atoms with Crippen molar-refractivity contribution in [3.63, 3.8) is 0 Å². The van der Waals surface area contributed by atoms with Crippen molar-refractivity contribution in [3.05, 3.63) is 35.1 Å². The number of likely N-dealkylation sites (N-methyl/N-ethyl adjacent to an activating group) is 1. The molecule has 1 aromatic heterocycles. The Morgan fingerprint density at radius 3 is 2.45 bits per heavy atom. The summed E-state index contributed by atoms with van der Waals surface area (Å²) < 4.78 is 5.94. The Morgan fingerprint density at radius 1 is 1.17 bits per heavy atom. The second kappa shape index (κ2) is 8.70. The molecule has 1 aliphatic carbocycles. The third-order valence-electron chi connectivity index (χ3n) is 5.93. The normalized spacial score (nSPS) is 15.6. The molecule has 1 N–H and O–H groups in total. The van der Waals surface area contributed by atoms with Crippen LogP contribution in [0.1, 0.15) is 81.5 Å². The highest BCUT2D eigenvalue weighted by atomic mass is 16.3. The number of fused-ring (bicyclic) bond motifs is 1. The monoisotopic (exact) mass is 399 g/mol. The molecule has 0 spiro atoms. The molecule has 0 radical (unpaired) electrons. The predicted octanol–water partition coefficient (Wildman–Crippen LogP) is 4.88. The summed E-state index contributed by atoms with van der Waals surface area (Å²) in [6, 6.07) is 5.67. The van der Waals surface area contributed by atoms with Crippen LogP contribution in [0.15, 0.2) is 22.6 Å². The van der Waals surface area contributed by atoms with Crippen molar-refractivity contribution in [3.8, 4) is 0 Å². The number of hydrogen-bond acceptors (Lipinski definition) is 4. The Kier molecular flexibility index (Phi) is 6.47. The van der Waals surface area contributed by atoms with Crippen molar-refractivity contribution in [1.29, 1.82) is 0 Å². The lowest BCUT2D eigenvalue weighted by Gasteiger charge is -2.33. The number of amides is 1. The molecule has 1 amide bonds. The minimum Gasteiger partial charge on any atom is -0.453 e. The van der Waals surface area contributed by atoms with Gasteiger partial charge in [-0.15, -0.1) is 0 Å². The Morgan fingerprint density at radius 2 is 1.86 bits per heavy atom. The van der Waals surface area contributed by atoms with Gasteiger partial charge in [0, 0.05) is 29.0 Å². The van der Waals surface area contributed by atoms with Gasteiger partial charge in [0.1, 0.15) is 5.58 Å². The number of Topliss-reactive ketones (excluding diaryl/α,β-unsaturated/α-hetero) is 1. The van der Waals surface area contributed by atoms with E-state index >= 15 is 0 Å². The Balaban J connectivity index is 2.01. The third kappa shape index (κ3) is 4.55. The Bertz CT molecular complexity index is 884. The summed E-state index contributed by atoms with van der Waals surface area (Å²) in [7, 11) is 0. The van der Waals surface area contributed by atoms with E-state index in [1.54, 1.807) is 12.1 Å². The number of rotatable bonds is 6. The van der Waals surface area contributed by atoms with Gasteiger partial charge in [-0.3, -0.25) is 9.59 Å². The molecule has 0 atom stereocenters. The van der Waals surface area contributed by atoms with Crippen LogP contribution in [-0.2, 0) is 17.8 Å². The molecular weight excluding hydrogens is 366 g/mol. The molecule has 0 unspecified atom stereocenters. The van der Waals surface area contributed by atoms with Crippen LogP contribution in [0.5, 0.6) is 0 Å². The van der Waals surface area contributed by atoms with Gasteiger partial charge in [0.15, 0.2) is 5.76 Å². The molecular formula is C24H33NO4. The van der Waals surface area contributed by atoms with Crippen LogP contribution in [0.2, 0.25) is 0 Å². The van der Waals surface area contributed by atoms with E-state index in [9.17, 15) is 14.7 Å². The highest BCUT2D eigenvalue weighted by molar-refractivity contribution is 6.04. The van der Waals surface area contributed by atoms with Crippen LogP contribution in [0, 0.1) is 5.41 Å². The molecule has 2 aromatic rings. The van der Waals surface area contributed by atoms with Gasteiger partial charge in [0.05, 0.1) is 13.0 Å². The van der Waals surface area contributed by atoms with E-state index < -0.39 is 5.41 Å². The van der Waals surface area contributed by atoms with Crippen LogP contribution in [-0.4, -0.2) is 34.3 Å². The largest absolute Gasteiger partial charge is 0.453 e. The van der Waals surface area contributed by atoms with Gasteiger partial charge in [-0.2, -0.15) is 0 Å². The molecule has 1 aromatic carbocycles. The van der Waals surface area contributed by atoms with Crippen molar-refractivity contribution in [2.75, 3.05) is 6.54 Å². The first kappa shape index (κ1) is 21.6. The quantitative estimate of drug-likeness (QED) is 0.703. The van der Waals surface area contributed by atoms with E-state index in [0.29, 0.717) is 17.7 Å². The predicted molar refractivity (Wildman–Crippen MR) is 114 cm³/mol.